The topological polar surface area (TPSA) is 51.0 Å². The zero-order valence-electron chi connectivity index (χ0n) is 10.5. The monoisotopic (exact) mass is 283 g/mol. The number of halogens is 3. The summed E-state index contributed by atoms with van der Waals surface area (Å²) in [6, 6.07) is 1.19. The SMILES string of the molecule is Fc1cc(F)c(-c2noc(C3CCCNC3)n2)c(F)c1. The molecule has 1 N–H and O–H groups in total. The highest BCUT2D eigenvalue weighted by molar-refractivity contribution is 5.56. The van der Waals surface area contributed by atoms with Gasteiger partial charge in [-0.15, -0.1) is 0 Å². The molecule has 0 saturated carbocycles. The highest BCUT2D eigenvalue weighted by atomic mass is 19.1. The number of nitrogens with one attached hydrogen (secondary N) is 1. The molecule has 20 heavy (non-hydrogen) atoms. The number of nitrogens with zero attached hydrogens (tertiary/aromatic N) is 2. The molecule has 1 aromatic heterocycles. The molecule has 1 aromatic carbocycles. The number of hydrogen-bond acceptors (Lipinski definition) is 4. The number of benzene rings is 1. The van der Waals surface area contributed by atoms with Crippen LogP contribution in [0.2, 0.25) is 0 Å². The molecule has 0 radical (unpaired) electrons. The molecule has 0 aliphatic carbocycles. The van der Waals surface area contributed by atoms with Gasteiger partial charge in [-0.25, -0.2) is 13.2 Å². The molecule has 1 saturated heterocycles. The molecule has 2 heterocycles. The van der Waals surface area contributed by atoms with Gasteiger partial charge in [0.25, 0.3) is 0 Å². The van der Waals surface area contributed by atoms with Gasteiger partial charge < -0.3 is 9.84 Å². The molecule has 1 unspecified atom stereocenters. The average molecular weight is 283 g/mol. The lowest BCUT2D eigenvalue weighted by molar-refractivity contribution is 0.322. The third-order valence-electron chi connectivity index (χ3n) is 3.32. The Hall–Kier alpha value is -1.89. The Morgan fingerprint density at radius 3 is 2.60 bits per heavy atom. The summed E-state index contributed by atoms with van der Waals surface area (Å²) in [6.45, 7) is 1.62. The first kappa shape index (κ1) is 13.1. The van der Waals surface area contributed by atoms with Gasteiger partial charge in [-0.3, -0.25) is 0 Å². The minimum absolute atomic E-state index is 0.0385. The second-order valence-corrected chi connectivity index (χ2v) is 4.74. The van der Waals surface area contributed by atoms with Crippen LogP contribution in [-0.4, -0.2) is 23.2 Å². The second-order valence-electron chi connectivity index (χ2n) is 4.74. The summed E-state index contributed by atoms with van der Waals surface area (Å²) in [6.07, 6.45) is 1.85. The first-order valence-electron chi connectivity index (χ1n) is 6.34. The van der Waals surface area contributed by atoms with E-state index >= 15 is 0 Å². The zero-order valence-corrected chi connectivity index (χ0v) is 10.5. The third kappa shape index (κ3) is 2.40. The zero-order chi connectivity index (χ0) is 14.1. The number of rotatable bonds is 2. The van der Waals surface area contributed by atoms with Crippen molar-refractivity contribution < 1.29 is 17.7 Å². The molecule has 2 aromatic rings. The van der Waals surface area contributed by atoms with E-state index in [1.54, 1.807) is 0 Å². The molecular weight excluding hydrogens is 271 g/mol. The summed E-state index contributed by atoms with van der Waals surface area (Å²) in [4.78, 5) is 4.04. The van der Waals surface area contributed by atoms with Crippen molar-refractivity contribution in [3.05, 3.63) is 35.5 Å². The van der Waals surface area contributed by atoms with Gasteiger partial charge >= 0.3 is 0 Å². The van der Waals surface area contributed by atoms with Crippen molar-refractivity contribution in [2.45, 2.75) is 18.8 Å². The van der Waals surface area contributed by atoms with Crippen LogP contribution in [0.15, 0.2) is 16.7 Å². The van der Waals surface area contributed by atoms with E-state index < -0.39 is 23.0 Å². The summed E-state index contributed by atoms with van der Waals surface area (Å²) >= 11 is 0. The largest absolute Gasteiger partial charge is 0.339 e. The molecule has 7 heteroatoms. The second kappa shape index (κ2) is 5.24. The predicted molar refractivity (Wildman–Crippen MR) is 64.5 cm³/mol. The van der Waals surface area contributed by atoms with Crippen molar-refractivity contribution >= 4 is 0 Å². The summed E-state index contributed by atoms with van der Waals surface area (Å²) in [5.41, 5.74) is -0.467. The minimum Gasteiger partial charge on any atom is -0.339 e. The van der Waals surface area contributed by atoms with Crippen molar-refractivity contribution in [1.82, 2.24) is 15.5 Å². The predicted octanol–water partition coefficient (Wildman–Crippen LogP) is 2.62. The lowest BCUT2D eigenvalue weighted by atomic mass is 10.00. The van der Waals surface area contributed by atoms with Crippen molar-refractivity contribution in [3.63, 3.8) is 0 Å². The molecule has 0 spiro atoms. The molecule has 3 rings (SSSR count). The average Bonchev–Trinajstić information content (AvgIpc) is 2.88. The van der Waals surface area contributed by atoms with Gasteiger partial charge in [0.1, 0.15) is 17.5 Å². The molecular formula is C13H12F3N3O. The van der Waals surface area contributed by atoms with Crippen LogP contribution in [0.4, 0.5) is 13.2 Å². The van der Waals surface area contributed by atoms with Gasteiger partial charge in [-0.2, -0.15) is 4.98 Å². The van der Waals surface area contributed by atoms with E-state index in [0.29, 0.717) is 24.6 Å². The smallest absolute Gasteiger partial charge is 0.231 e. The normalized spacial score (nSPS) is 19.2. The molecule has 1 aliphatic rings. The van der Waals surface area contributed by atoms with Crippen molar-refractivity contribution in [1.29, 1.82) is 0 Å². The van der Waals surface area contributed by atoms with E-state index in [-0.39, 0.29) is 11.7 Å². The van der Waals surface area contributed by atoms with Gasteiger partial charge in [0.2, 0.25) is 11.7 Å². The standard InChI is InChI=1S/C13H12F3N3O/c14-8-4-9(15)11(10(16)5-8)12-18-13(20-19-12)7-2-1-3-17-6-7/h4-5,7,17H,1-3,6H2. The van der Waals surface area contributed by atoms with E-state index in [4.69, 9.17) is 4.52 Å². The lowest BCUT2D eigenvalue weighted by Gasteiger charge is -2.18. The summed E-state index contributed by atoms with van der Waals surface area (Å²) in [7, 11) is 0. The van der Waals surface area contributed by atoms with Crippen LogP contribution >= 0.6 is 0 Å². The van der Waals surface area contributed by atoms with E-state index in [0.717, 1.165) is 19.4 Å². The quantitative estimate of drug-likeness (QED) is 0.920. The Morgan fingerprint density at radius 1 is 1.20 bits per heavy atom. The Bertz CT molecular complexity index is 600. The number of piperidine rings is 1. The van der Waals surface area contributed by atoms with Crippen molar-refractivity contribution in [2.24, 2.45) is 0 Å². The minimum atomic E-state index is -1.04. The maximum Gasteiger partial charge on any atom is 0.231 e. The van der Waals surface area contributed by atoms with Crippen LogP contribution in [-0.2, 0) is 0 Å². The number of hydrogen-bond donors (Lipinski definition) is 1. The highest BCUT2D eigenvalue weighted by Crippen LogP contribution is 2.28. The van der Waals surface area contributed by atoms with E-state index in [9.17, 15) is 13.2 Å². The van der Waals surface area contributed by atoms with Gasteiger partial charge in [-0.05, 0) is 19.4 Å². The van der Waals surface area contributed by atoms with Crippen molar-refractivity contribution in [3.8, 4) is 11.4 Å². The Kier molecular flexibility index (Phi) is 3.43. The van der Waals surface area contributed by atoms with Crippen LogP contribution in [0, 0.1) is 17.5 Å². The van der Waals surface area contributed by atoms with Crippen LogP contribution in [0.25, 0.3) is 11.4 Å². The highest BCUT2D eigenvalue weighted by Gasteiger charge is 2.24. The third-order valence-corrected chi connectivity index (χ3v) is 3.32. The first-order valence-corrected chi connectivity index (χ1v) is 6.34. The van der Waals surface area contributed by atoms with Gasteiger partial charge in [0.05, 0.1) is 11.5 Å². The molecule has 4 nitrogen and oxygen atoms in total. The maximum atomic E-state index is 13.6. The van der Waals surface area contributed by atoms with Crippen molar-refractivity contribution in [2.75, 3.05) is 13.1 Å². The van der Waals surface area contributed by atoms with Crippen LogP contribution in [0.5, 0.6) is 0 Å². The first-order chi connectivity index (χ1) is 9.65. The van der Waals surface area contributed by atoms with Gasteiger partial charge in [-0.1, -0.05) is 5.16 Å². The fourth-order valence-electron chi connectivity index (χ4n) is 2.32. The Balaban J connectivity index is 1.94. The van der Waals surface area contributed by atoms with Crippen LogP contribution in [0.1, 0.15) is 24.7 Å². The van der Waals surface area contributed by atoms with E-state index in [2.05, 4.69) is 15.5 Å². The maximum absolute atomic E-state index is 13.6. The molecule has 106 valence electrons. The van der Waals surface area contributed by atoms with E-state index in [1.165, 1.54) is 0 Å². The van der Waals surface area contributed by atoms with Gasteiger partial charge in [0.15, 0.2) is 0 Å². The van der Waals surface area contributed by atoms with E-state index in [1.807, 2.05) is 0 Å². The number of aromatic nitrogens is 2. The summed E-state index contributed by atoms with van der Waals surface area (Å²) in [5.74, 6) is -2.88. The fourth-order valence-corrected chi connectivity index (χ4v) is 2.32. The summed E-state index contributed by atoms with van der Waals surface area (Å²) in [5, 5.41) is 6.78. The Labute approximate surface area is 113 Å². The summed E-state index contributed by atoms with van der Waals surface area (Å²) < 4.78 is 45.2. The fraction of sp³-hybridized carbons (Fsp3) is 0.385. The molecule has 0 amide bonds. The Morgan fingerprint density at radius 2 is 1.95 bits per heavy atom. The lowest BCUT2D eigenvalue weighted by Crippen LogP contribution is -2.28. The molecule has 0 bridgehead atoms. The molecule has 1 fully saturated rings. The molecule has 1 aliphatic heterocycles. The van der Waals surface area contributed by atoms with Crippen LogP contribution in [0.3, 0.4) is 0 Å². The molecule has 1 atom stereocenters. The van der Waals surface area contributed by atoms with Crippen LogP contribution < -0.4 is 5.32 Å². The van der Waals surface area contributed by atoms with Gasteiger partial charge in [0, 0.05) is 18.7 Å².